The molecule has 0 unspecified atom stereocenters. The molecule has 0 bridgehead atoms. The number of hydrogen-bond acceptors (Lipinski definition) is 6. The molecule has 0 saturated carbocycles. The van der Waals surface area contributed by atoms with Crippen LogP contribution in [0.15, 0.2) is 54.6 Å². The number of alkyl halides is 3. The minimum atomic E-state index is -4.65. The van der Waals surface area contributed by atoms with Gasteiger partial charge in [-0.1, -0.05) is 6.07 Å². The number of carbonyl (C=O) groups excluding carboxylic acids is 2. The molecule has 37 heavy (non-hydrogen) atoms. The molecule has 3 N–H and O–H groups in total. The van der Waals surface area contributed by atoms with Gasteiger partial charge in [0.1, 0.15) is 5.75 Å². The van der Waals surface area contributed by atoms with Crippen molar-refractivity contribution in [2.24, 2.45) is 0 Å². The van der Waals surface area contributed by atoms with Gasteiger partial charge in [-0.15, -0.1) is 0 Å². The van der Waals surface area contributed by atoms with Crippen LogP contribution in [0.1, 0.15) is 42.2 Å². The number of nitro benzene ring substituents is 1. The Morgan fingerprint density at radius 3 is 2.24 bits per heavy atom. The second kappa shape index (κ2) is 10.4. The highest BCUT2D eigenvalue weighted by atomic mass is 19.4. The predicted octanol–water partition coefficient (Wildman–Crippen LogP) is 5.13. The summed E-state index contributed by atoms with van der Waals surface area (Å²) < 4.78 is 44.6. The van der Waals surface area contributed by atoms with Gasteiger partial charge in [-0.05, 0) is 48.9 Å². The fourth-order valence-electron chi connectivity index (χ4n) is 3.36. The first-order valence-corrected chi connectivity index (χ1v) is 10.3. The molecule has 0 aromatic heterocycles. The second-order valence-corrected chi connectivity index (χ2v) is 7.64. The Bertz CT molecular complexity index is 1420. The number of carboxylic acid groups (broad SMARTS) is 1. The molecule has 13 heteroatoms. The largest absolute Gasteiger partial charge is 0.494 e. The highest BCUT2D eigenvalue weighted by Crippen LogP contribution is 2.34. The maximum absolute atomic E-state index is 13.2. The standard InChI is InChI=1S/C24H18F3N3O7/c1-12-3-5-14(10-18(12)24(25,26)27)28-22(32)16-7-4-13(9-17(16)23(33)34)21(31)29-19-8-6-15(30(35)36)11-20(19)37-2/h3-11H,1-2H3,(H,28,32)(H,29,31)(H,33,34). The van der Waals surface area contributed by atoms with Crippen LogP contribution in [0.2, 0.25) is 0 Å². The fourth-order valence-corrected chi connectivity index (χ4v) is 3.36. The summed E-state index contributed by atoms with van der Waals surface area (Å²) in [7, 11) is 1.23. The summed E-state index contributed by atoms with van der Waals surface area (Å²) in [6.45, 7) is 1.26. The van der Waals surface area contributed by atoms with Gasteiger partial charge in [0.2, 0.25) is 0 Å². The number of carboxylic acids is 1. The highest BCUT2D eigenvalue weighted by Gasteiger charge is 2.32. The van der Waals surface area contributed by atoms with E-state index in [4.69, 9.17) is 4.74 Å². The first kappa shape index (κ1) is 26.7. The van der Waals surface area contributed by atoms with E-state index >= 15 is 0 Å². The monoisotopic (exact) mass is 517 g/mol. The normalized spacial score (nSPS) is 10.9. The average molecular weight is 517 g/mol. The highest BCUT2D eigenvalue weighted by molar-refractivity contribution is 6.13. The first-order valence-electron chi connectivity index (χ1n) is 10.3. The number of carbonyl (C=O) groups is 3. The molecule has 0 spiro atoms. The molecule has 192 valence electrons. The molecule has 3 aromatic rings. The van der Waals surface area contributed by atoms with Crippen LogP contribution >= 0.6 is 0 Å². The summed E-state index contributed by atoms with van der Waals surface area (Å²) in [5.74, 6) is -3.39. The Balaban J connectivity index is 1.88. The SMILES string of the molecule is COc1cc([N+](=O)[O-])ccc1NC(=O)c1ccc(C(=O)Nc2ccc(C)c(C(F)(F)F)c2)c(C(=O)O)c1. The van der Waals surface area contributed by atoms with E-state index in [-0.39, 0.29) is 33.9 Å². The van der Waals surface area contributed by atoms with Crippen molar-refractivity contribution in [3.8, 4) is 5.75 Å². The third-order valence-electron chi connectivity index (χ3n) is 5.20. The molecule has 0 aliphatic carbocycles. The van der Waals surface area contributed by atoms with Gasteiger partial charge in [-0.2, -0.15) is 13.2 Å². The lowest BCUT2D eigenvalue weighted by atomic mass is 10.0. The maximum Gasteiger partial charge on any atom is 0.416 e. The van der Waals surface area contributed by atoms with E-state index < -0.39 is 45.6 Å². The van der Waals surface area contributed by atoms with Crippen LogP contribution < -0.4 is 15.4 Å². The minimum absolute atomic E-state index is 0.0201. The zero-order chi connectivity index (χ0) is 27.5. The number of methoxy groups -OCH3 is 1. The molecule has 0 atom stereocenters. The Labute approximate surface area is 206 Å². The first-order chi connectivity index (χ1) is 17.3. The van der Waals surface area contributed by atoms with Crippen LogP contribution in [-0.2, 0) is 6.18 Å². The van der Waals surface area contributed by atoms with Crippen molar-refractivity contribution in [2.75, 3.05) is 17.7 Å². The molecule has 0 radical (unpaired) electrons. The zero-order valence-corrected chi connectivity index (χ0v) is 19.2. The summed E-state index contributed by atoms with van der Waals surface area (Å²) in [5, 5.41) is 25.2. The molecule has 10 nitrogen and oxygen atoms in total. The average Bonchev–Trinajstić information content (AvgIpc) is 2.84. The summed E-state index contributed by atoms with van der Waals surface area (Å²) in [6.07, 6.45) is -4.65. The summed E-state index contributed by atoms with van der Waals surface area (Å²) in [6, 6.07) is 9.67. The number of halogens is 3. The van der Waals surface area contributed by atoms with Gasteiger partial charge in [0.25, 0.3) is 17.5 Å². The van der Waals surface area contributed by atoms with E-state index in [1.54, 1.807) is 0 Å². The van der Waals surface area contributed by atoms with E-state index in [1.165, 1.54) is 26.2 Å². The van der Waals surface area contributed by atoms with Gasteiger partial charge in [0.15, 0.2) is 0 Å². The minimum Gasteiger partial charge on any atom is -0.494 e. The van der Waals surface area contributed by atoms with Gasteiger partial charge in [-0.25, -0.2) is 4.79 Å². The van der Waals surface area contributed by atoms with Crippen LogP contribution in [0.5, 0.6) is 5.75 Å². The number of benzene rings is 3. The second-order valence-electron chi connectivity index (χ2n) is 7.64. The summed E-state index contributed by atoms with van der Waals surface area (Å²) >= 11 is 0. The maximum atomic E-state index is 13.2. The molecular formula is C24H18F3N3O7. The molecule has 0 saturated heterocycles. The van der Waals surface area contributed by atoms with Gasteiger partial charge in [0, 0.05) is 17.3 Å². The van der Waals surface area contributed by atoms with Crippen molar-refractivity contribution in [2.45, 2.75) is 13.1 Å². The molecule has 0 heterocycles. The molecule has 2 amide bonds. The number of aromatic carboxylic acids is 1. The van der Waals surface area contributed by atoms with Gasteiger partial charge >= 0.3 is 12.1 Å². The van der Waals surface area contributed by atoms with E-state index in [0.29, 0.717) is 0 Å². The van der Waals surface area contributed by atoms with Crippen LogP contribution in [0.25, 0.3) is 0 Å². The van der Waals surface area contributed by atoms with Crippen LogP contribution in [0.4, 0.5) is 30.2 Å². The number of nitro groups is 1. The molecular weight excluding hydrogens is 499 g/mol. The van der Waals surface area contributed by atoms with Crippen molar-refractivity contribution in [3.05, 3.63) is 92.5 Å². The Kier molecular flexibility index (Phi) is 7.46. The van der Waals surface area contributed by atoms with Crippen molar-refractivity contribution >= 4 is 34.8 Å². The number of aryl methyl sites for hydroxylation is 1. The molecule has 0 fully saturated rings. The number of ether oxygens (including phenoxy) is 1. The van der Waals surface area contributed by atoms with Crippen molar-refractivity contribution < 1.29 is 42.3 Å². The molecule has 3 rings (SSSR count). The van der Waals surface area contributed by atoms with E-state index in [2.05, 4.69) is 10.6 Å². The Morgan fingerprint density at radius 2 is 1.65 bits per heavy atom. The topological polar surface area (TPSA) is 148 Å². The third kappa shape index (κ3) is 6.01. The van der Waals surface area contributed by atoms with Crippen molar-refractivity contribution in [1.82, 2.24) is 0 Å². The number of rotatable bonds is 7. The number of hydrogen-bond donors (Lipinski definition) is 3. The lowest BCUT2D eigenvalue weighted by Gasteiger charge is -2.14. The summed E-state index contributed by atoms with van der Waals surface area (Å²) in [4.78, 5) is 47.5. The lowest BCUT2D eigenvalue weighted by molar-refractivity contribution is -0.384. The van der Waals surface area contributed by atoms with Crippen LogP contribution in [0, 0.1) is 17.0 Å². The van der Waals surface area contributed by atoms with Crippen LogP contribution in [-0.4, -0.2) is 34.9 Å². The van der Waals surface area contributed by atoms with E-state index in [9.17, 15) is 42.8 Å². The van der Waals surface area contributed by atoms with Gasteiger partial charge in [0.05, 0.1) is 40.5 Å². The number of nitrogens with zero attached hydrogens (tertiary/aromatic N) is 1. The van der Waals surface area contributed by atoms with Crippen molar-refractivity contribution in [1.29, 1.82) is 0 Å². The lowest BCUT2D eigenvalue weighted by Crippen LogP contribution is -2.19. The summed E-state index contributed by atoms with van der Waals surface area (Å²) in [5.41, 5.74) is -2.59. The van der Waals surface area contributed by atoms with Gasteiger partial charge < -0.3 is 20.5 Å². The van der Waals surface area contributed by atoms with E-state index in [0.717, 1.165) is 42.5 Å². The quantitative estimate of drug-likeness (QED) is 0.291. The zero-order valence-electron chi connectivity index (χ0n) is 19.2. The number of anilines is 2. The number of nitrogens with one attached hydrogen (secondary N) is 2. The predicted molar refractivity (Wildman–Crippen MR) is 125 cm³/mol. The number of non-ortho nitro benzene ring substituents is 1. The molecule has 3 aromatic carbocycles. The van der Waals surface area contributed by atoms with Crippen LogP contribution in [0.3, 0.4) is 0 Å². The molecule has 0 aliphatic heterocycles. The Morgan fingerprint density at radius 1 is 0.946 bits per heavy atom. The smallest absolute Gasteiger partial charge is 0.416 e. The fraction of sp³-hybridized carbons (Fsp3) is 0.125. The van der Waals surface area contributed by atoms with Gasteiger partial charge in [-0.3, -0.25) is 19.7 Å². The van der Waals surface area contributed by atoms with Crippen molar-refractivity contribution in [3.63, 3.8) is 0 Å². The third-order valence-corrected chi connectivity index (χ3v) is 5.20. The molecule has 0 aliphatic rings. The van der Waals surface area contributed by atoms with E-state index in [1.807, 2.05) is 0 Å². The number of amides is 2. The Hall–Kier alpha value is -4.94.